The fourth-order valence-electron chi connectivity index (χ4n) is 4.78. The minimum absolute atomic E-state index is 0.0249. The maximum Gasteiger partial charge on any atom is 0.230 e. The molecule has 1 aromatic heterocycles. The first-order chi connectivity index (χ1) is 14.2. The van der Waals surface area contributed by atoms with Gasteiger partial charge in [-0.3, -0.25) is 14.6 Å². The van der Waals surface area contributed by atoms with Gasteiger partial charge in [-0.15, -0.1) is 0 Å². The third-order valence-electron chi connectivity index (χ3n) is 6.21. The Morgan fingerprint density at radius 2 is 1.97 bits per heavy atom. The number of carbonyl (C=O) groups excluding carboxylic acids is 2. The van der Waals surface area contributed by atoms with Crippen LogP contribution in [0.3, 0.4) is 0 Å². The van der Waals surface area contributed by atoms with Gasteiger partial charge >= 0.3 is 0 Å². The number of pyridine rings is 1. The number of nitrogens with zero attached hydrogens (tertiary/aromatic N) is 2. The fraction of sp³-hybridized carbons (Fsp3) is 0.348. The Hall–Kier alpha value is -2.99. The second kappa shape index (κ2) is 7.12. The number of fused-ring (bicyclic) bond motifs is 1. The molecule has 0 unspecified atom stereocenters. The van der Waals surface area contributed by atoms with Gasteiger partial charge in [-0.1, -0.05) is 42.5 Å². The van der Waals surface area contributed by atoms with E-state index in [4.69, 9.17) is 4.74 Å². The maximum atomic E-state index is 13.2. The number of hydrogen-bond donors (Lipinski definition) is 1. The maximum absolute atomic E-state index is 13.2. The van der Waals surface area contributed by atoms with E-state index in [9.17, 15) is 9.59 Å². The number of ether oxygens (including phenoxy) is 1. The van der Waals surface area contributed by atoms with E-state index in [0.29, 0.717) is 19.6 Å². The lowest BCUT2D eigenvalue weighted by Crippen LogP contribution is -2.44. The van der Waals surface area contributed by atoms with Crippen LogP contribution in [-0.4, -0.2) is 46.5 Å². The van der Waals surface area contributed by atoms with E-state index in [-0.39, 0.29) is 17.9 Å². The zero-order valence-corrected chi connectivity index (χ0v) is 16.0. The van der Waals surface area contributed by atoms with Gasteiger partial charge in [-0.2, -0.15) is 0 Å². The van der Waals surface area contributed by atoms with Crippen molar-refractivity contribution in [1.82, 2.24) is 15.2 Å². The second-order valence-electron chi connectivity index (χ2n) is 7.97. The van der Waals surface area contributed by atoms with Gasteiger partial charge in [-0.25, -0.2) is 0 Å². The molecule has 3 aliphatic rings. The van der Waals surface area contributed by atoms with Gasteiger partial charge in [-0.05, 0) is 29.7 Å². The van der Waals surface area contributed by atoms with Gasteiger partial charge in [0.2, 0.25) is 11.8 Å². The average Bonchev–Trinajstić information content (AvgIpc) is 3.40. The molecular weight excluding hydrogens is 366 g/mol. The summed E-state index contributed by atoms with van der Waals surface area (Å²) in [6, 6.07) is 13.9. The van der Waals surface area contributed by atoms with Gasteiger partial charge in [0.25, 0.3) is 0 Å². The Kier molecular flexibility index (Phi) is 4.43. The highest BCUT2D eigenvalue weighted by Gasteiger charge is 2.66. The monoisotopic (exact) mass is 389 g/mol. The second-order valence-corrected chi connectivity index (χ2v) is 7.97. The zero-order valence-electron chi connectivity index (χ0n) is 16.0. The molecule has 1 aromatic carbocycles. The van der Waals surface area contributed by atoms with E-state index in [0.717, 1.165) is 12.0 Å². The molecule has 2 bridgehead atoms. The van der Waals surface area contributed by atoms with Crippen molar-refractivity contribution in [3.63, 3.8) is 0 Å². The van der Waals surface area contributed by atoms with Crippen LogP contribution >= 0.6 is 0 Å². The van der Waals surface area contributed by atoms with Gasteiger partial charge in [0.05, 0.1) is 24.5 Å². The third kappa shape index (κ3) is 3.13. The summed E-state index contributed by atoms with van der Waals surface area (Å²) < 4.78 is 6.18. The van der Waals surface area contributed by atoms with Crippen LogP contribution < -0.4 is 5.32 Å². The molecular formula is C23H23N3O3. The molecule has 6 heteroatoms. The van der Waals surface area contributed by atoms with Crippen molar-refractivity contribution in [3.05, 3.63) is 78.1 Å². The predicted octanol–water partition coefficient (Wildman–Crippen LogP) is 1.72. The lowest BCUT2D eigenvalue weighted by molar-refractivity contribution is -0.137. The molecule has 2 fully saturated rings. The summed E-state index contributed by atoms with van der Waals surface area (Å²) in [5, 5.41) is 2.98. The van der Waals surface area contributed by atoms with Crippen molar-refractivity contribution in [1.29, 1.82) is 0 Å². The smallest absolute Gasteiger partial charge is 0.230 e. The van der Waals surface area contributed by atoms with Gasteiger partial charge in [0, 0.05) is 25.5 Å². The van der Waals surface area contributed by atoms with Gasteiger partial charge in [0.1, 0.15) is 5.60 Å². The number of amides is 2. The topological polar surface area (TPSA) is 71.5 Å². The van der Waals surface area contributed by atoms with E-state index in [2.05, 4.69) is 22.4 Å². The summed E-state index contributed by atoms with van der Waals surface area (Å²) in [6.45, 7) is 1.57. The van der Waals surface area contributed by atoms with Crippen molar-refractivity contribution < 1.29 is 14.3 Å². The van der Waals surface area contributed by atoms with E-state index in [1.807, 2.05) is 47.4 Å². The van der Waals surface area contributed by atoms with Crippen LogP contribution in [0.4, 0.5) is 0 Å². The standard InChI is InChI=1S/C23H23N3O3/c27-21(25-14-17-7-11-24-12-8-17)19-18-6-10-23(29-18)15-26(22(28)20(19)23)13-9-16-4-2-1-3-5-16/h1-8,10-12,18-20H,9,13-15H2,(H,25,27)/t18-,19-,20+,23-/m1/s1. The van der Waals surface area contributed by atoms with Crippen molar-refractivity contribution >= 4 is 11.8 Å². The van der Waals surface area contributed by atoms with E-state index in [1.165, 1.54) is 5.56 Å². The number of benzene rings is 1. The molecule has 1 spiro atoms. The summed E-state index contributed by atoms with van der Waals surface area (Å²) in [6.07, 6.45) is 7.81. The largest absolute Gasteiger partial charge is 0.360 e. The summed E-state index contributed by atoms with van der Waals surface area (Å²) in [7, 11) is 0. The van der Waals surface area contributed by atoms with Crippen molar-refractivity contribution in [2.45, 2.75) is 24.7 Å². The molecule has 0 radical (unpaired) electrons. The van der Waals surface area contributed by atoms with E-state index >= 15 is 0 Å². The molecule has 2 aromatic rings. The normalized spacial score (nSPS) is 29.3. The highest BCUT2D eigenvalue weighted by atomic mass is 16.5. The number of likely N-dealkylation sites (tertiary alicyclic amines) is 1. The van der Waals surface area contributed by atoms with Gasteiger partial charge in [0.15, 0.2) is 0 Å². The SMILES string of the molecule is O=C(NCc1ccncc1)[C@H]1[C@H]2C(=O)N(CCc3ccccc3)C[C@]23C=C[C@H]1O3. The minimum Gasteiger partial charge on any atom is -0.360 e. The summed E-state index contributed by atoms with van der Waals surface area (Å²) in [5.74, 6) is -1.01. The van der Waals surface area contributed by atoms with E-state index in [1.54, 1.807) is 12.4 Å². The molecule has 29 heavy (non-hydrogen) atoms. The highest BCUT2D eigenvalue weighted by molar-refractivity contribution is 5.93. The molecule has 5 rings (SSSR count). The third-order valence-corrected chi connectivity index (χ3v) is 6.21. The van der Waals surface area contributed by atoms with Crippen molar-refractivity contribution in [3.8, 4) is 0 Å². The number of carbonyl (C=O) groups is 2. The number of rotatable bonds is 6. The highest BCUT2D eigenvalue weighted by Crippen LogP contribution is 2.51. The first-order valence-electron chi connectivity index (χ1n) is 10.0. The molecule has 2 saturated heterocycles. The first-order valence-corrected chi connectivity index (χ1v) is 10.0. The van der Waals surface area contributed by atoms with Crippen LogP contribution in [0.1, 0.15) is 11.1 Å². The number of aromatic nitrogens is 1. The molecule has 3 aliphatic heterocycles. The lowest BCUT2D eigenvalue weighted by atomic mass is 9.77. The van der Waals surface area contributed by atoms with Crippen LogP contribution in [0, 0.1) is 11.8 Å². The summed E-state index contributed by atoms with van der Waals surface area (Å²) >= 11 is 0. The Morgan fingerprint density at radius 1 is 1.17 bits per heavy atom. The predicted molar refractivity (Wildman–Crippen MR) is 107 cm³/mol. The first kappa shape index (κ1) is 18.1. The fourth-order valence-corrected chi connectivity index (χ4v) is 4.78. The Balaban J connectivity index is 1.28. The van der Waals surface area contributed by atoms with Gasteiger partial charge < -0.3 is 15.0 Å². The van der Waals surface area contributed by atoms with Crippen molar-refractivity contribution in [2.75, 3.05) is 13.1 Å². The van der Waals surface area contributed by atoms with Crippen LogP contribution in [0.2, 0.25) is 0 Å². The minimum atomic E-state index is -0.656. The Bertz CT molecular complexity index is 946. The molecule has 148 valence electrons. The quantitative estimate of drug-likeness (QED) is 0.764. The zero-order chi connectivity index (χ0) is 19.8. The summed E-state index contributed by atoms with van der Waals surface area (Å²) in [4.78, 5) is 32.0. The van der Waals surface area contributed by atoms with Crippen LogP contribution in [0.25, 0.3) is 0 Å². The summed E-state index contributed by atoms with van der Waals surface area (Å²) in [5.41, 5.74) is 1.52. The van der Waals surface area contributed by atoms with Crippen molar-refractivity contribution in [2.24, 2.45) is 11.8 Å². The number of hydrogen-bond acceptors (Lipinski definition) is 4. The molecule has 2 amide bonds. The molecule has 0 aliphatic carbocycles. The Morgan fingerprint density at radius 3 is 2.76 bits per heavy atom. The molecule has 6 nitrogen and oxygen atoms in total. The molecule has 4 heterocycles. The van der Waals surface area contributed by atoms with Crippen LogP contribution in [0.5, 0.6) is 0 Å². The molecule has 4 atom stereocenters. The molecule has 0 saturated carbocycles. The Labute approximate surface area is 169 Å². The van der Waals surface area contributed by atoms with E-state index < -0.39 is 17.4 Å². The van der Waals surface area contributed by atoms with Crippen LogP contribution in [-0.2, 0) is 27.3 Å². The molecule has 1 N–H and O–H groups in total. The number of nitrogens with one attached hydrogen (secondary N) is 1. The average molecular weight is 389 g/mol. The lowest BCUT2D eigenvalue weighted by Gasteiger charge is -2.23. The van der Waals surface area contributed by atoms with Crippen LogP contribution in [0.15, 0.2) is 67.0 Å².